The molecule has 0 radical (unpaired) electrons. The fraction of sp³-hybridized carbons (Fsp3) is 0.368. The Bertz CT molecular complexity index is 802. The molecule has 1 saturated heterocycles. The lowest BCUT2D eigenvalue weighted by atomic mass is 10.1. The number of ether oxygens (including phenoxy) is 3. The molecule has 3 rings (SSSR count). The first-order chi connectivity index (χ1) is 13.1. The van der Waals surface area contributed by atoms with Crippen LogP contribution in [0.3, 0.4) is 0 Å². The summed E-state index contributed by atoms with van der Waals surface area (Å²) in [6, 6.07) is 6.79. The fourth-order valence-corrected chi connectivity index (χ4v) is 3.14. The van der Waals surface area contributed by atoms with Crippen LogP contribution < -0.4 is 19.5 Å². The molecule has 1 aromatic heterocycles. The first-order valence-electron chi connectivity index (χ1n) is 8.65. The lowest BCUT2D eigenvalue weighted by Crippen LogP contribution is -2.46. The third-order valence-corrected chi connectivity index (χ3v) is 4.61. The number of rotatable bonds is 5. The summed E-state index contributed by atoms with van der Waals surface area (Å²) >= 11 is 6.10. The molecule has 7 nitrogen and oxygen atoms in total. The van der Waals surface area contributed by atoms with Crippen molar-refractivity contribution in [3.05, 3.63) is 41.7 Å². The van der Waals surface area contributed by atoms with Crippen LogP contribution in [0.5, 0.6) is 17.2 Å². The second kappa shape index (κ2) is 8.81. The van der Waals surface area contributed by atoms with Gasteiger partial charge in [0.1, 0.15) is 16.9 Å². The van der Waals surface area contributed by atoms with Crippen molar-refractivity contribution >= 4 is 23.3 Å². The molecule has 1 aliphatic heterocycles. The summed E-state index contributed by atoms with van der Waals surface area (Å²) in [7, 11) is 3.12. The molecule has 8 heteroatoms. The molecule has 0 bridgehead atoms. The Hall–Kier alpha value is -2.67. The number of methoxy groups -OCH3 is 2. The van der Waals surface area contributed by atoms with Crippen LogP contribution in [0.15, 0.2) is 36.7 Å². The largest absolute Gasteiger partial charge is 0.493 e. The molecule has 1 N–H and O–H groups in total. The maximum atomic E-state index is 12.6. The smallest absolute Gasteiger partial charge is 0.321 e. The number of anilines is 1. The number of aromatic nitrogens is 1. The average molecular weight is 392 g/mol. The van der Waals surface area contributed by atoms with Gasteiger partial charge in [0.15, 0.2) is 11.5 Å². The molecule has 2 heterocycles. The number of hydrogen-bond acceptors (Lipinski definition) is 5. The summed E-state index contributed by atoms with van der Waals surface area (Å²) < 4.78 is 16.4. The Labute approximate surface area is 163 Å². The van der Waals surface area contributed by atoms with Crippen molar-refractivity contribution in [3.63, 3.8) is 0 Å². The zero-order valence-electron chi connectivity index (χ0n) is 15.3. The van der Waals surface area contributed by atoms with Crippen molar-refractivity contribution in [2.45, 2.75) is 18.9 Å². The highest BCUT2D eigenvalue weighted by Gasteiger charge is 2.25. The third-order valence-electron chi connectivity index (χ3n) is 4.33. The Morgan fingerprint density at radius 3 is 2.78 bits per heavy atom. The number of carbonyl (C=O) groups is 1. The van der Waals surface area contributed by atoms with Crippen LogP contribution in [0.4, 0.5) is 10.5 Å². The number of amides is 2. The minimum atomic E-state index is -0.184. The van der Waals surface area contributed by atoms with E-state index in [9.17, 15) is 4.79 Å². The quantitative estimate of drug-likeness (QED) is 0.838. The van der Waals surface area contributed by atoms with Crippen LogP contribution in [-0.4, -0.2) is 49.3 Å². The lowest BCUT2D eigenvalue weighted by Gasteiger charge is -2.33. The molecule has 2 aromatic rings. The van der Waals surface area contributed by atoms with Gasteiger partial charge in [-0.3, -0.25) is 4.98 Å². The van der Waals surface area contributed by atoms with E-state index < -0.39 is 0 Å². The molecule has 0 aliphatic carbocycles. The summed E-state index contributed by atoms with van der Waals surface area (Å²) in [4.78, 5) is 18.3. The normalized spacial score (nSPS) is 16.6. The van der Waals surface area contributed by atoms with E-state index >= 15 is 0 Å². The number of urea groups is 1. The predicted molar refractivity (Wildman–Crippen MR) is 103 cm³/mol. The van der Waals surface area contributed by atoms with Crippen LogP contribution in [0.25, 0.3) is 0 Å². The van der Waals surface area contributed by atoms with Crippen molar-refractivity contribution in [1.82, 2.24) is 9.88 Å². The van der Waals surface area contributed by atoms with Crippen LogP contribution in [0, 0.1) is 0 Å². The van der Waals surface area contributed by atoms with Gasteiger partial charge in [-0.25, -0.2) is 4.79 Å². The van der Waals surface area contributed by atoms with Crippen molar-refractivity contribution in [2.75, 3.05) is 32.6 Å². The number of nitrogens with zero attached hydrogens (tertiary/aromatic N) is 2. The molecule has 27 heavy (non-hydrogen) atoms. The summed E-state index contributed by atoms with van der Waals surface area (Å²) in [5.41, 5.74) is 0.637. The standard InChI is InChI=1S/C19H22ClN3O4/c1-25-17-6-5-13(10-18(17)26-2)22-19(24)23-9-3-4-14(12-23)27-16-7-8-21-11-15(16)20/h5-8,10-11,14H,3-4,9,12H2,1-2H3,(H,22,24)/t14-/m0/s1. The summed E-state index contributed by atoms with van der Waals surface area (Å²) in [5.74, 6) is 1.75. The third kappa shape index (κ3) is 4.74. The molecule has 1 aromatic carbocycles. The van der Waals surface area contributed by atoms with Gasteiger partial charge in [-0.15, -0.1) is 0 Å². The molecule has 0 unspecified atom stereocenters. The van der Waals surface area contributed by atoms with Gasteiger partial charge in [-0.05, 0) is 25.0 Å². The highest BCUT2D eigenvalue weighted by Crippen LogP contribution is 2.30. The Morgan fingerprint density at radius 1 is 1.22 bits per heavy atom. The van der Waals surface area contributed by atoms with E-state index in [2.05, 4.69) is 10.3 Å². The first kappa shape index (κ1) is 19.1. The van der Waals surface area contributed by atoms with Gasteiger partial charge in [-0.1, -0.05) is 11.6 Å². The maximum Gasteiger partial charge on any atom is 0.321 e. The molecule has 1 aliphatic rings. The van der Waals surface area contributed by atoms with Gasteiger partial charge in [0, 0.05) is 36.8 Å². The van der Waals surface area contributed by atoms with Gasteiger partial charge in [0.05, 0.1) is 20.8 Å². The number of likely N-dealkylation sites (tertiary alicyclic amines) is 1. The number of nitrogens with one attached hydrogen (secondary N) is 1. The molecule has 1 atom stereocenters. The number of piperidine rings is 1. The molecule has 144 valence electrons. The Kier molecular flexibility index (Phi) is 6.24. The SMILES string of the molecule is COc1ccc(NC(=O)N2CCC[C@H](Oc3ccncc3Cl)C2)cc1OC. The van der Waals surface area contributed by atoms with Gasteiger partial charge in [-0.2, -0.15) is 0 Å². The minimum absolute atomic E-state index is 0.116. The number of pyridine rings is 1. The van der Waals surface area contributed by atoms with E-state index in [-0.39, 0.29) is 12.1 Å². The number of halogens is 1. The molecule has 0 spiro atoms. The van der Waals surface area contributed by atoms with Crippen molar-refractivity contribution < 1.29 is 19.0 Å². The minimum Gasteiger partial charge on any atom is -0.493 e. The zero-order chi connectivity index (χ0) is 19.2. The van der Waals surface area contributed by atoms with Crippen LogP contribution in [-0.2, 0) is 0 Å². The van der Waals surface area contributed by atoms with Crippen molar-refractivity contribution in [3.8, 4) is 17.2 Å². The van der Waals surface area contributed by atoms with Crippen molar-refractivity contribution in [2.24, 2.45) is 0 Å². The first-order valence-corrected chi connectivity index (χ1v) is 9.02. The number of hydrogen-bond donors (Lipinski definition) is 1. The van der Waals surface area contributed by atoms with E-state index in [1.807, 2.05) is 0 Å². The van der Waals surface area contributed by atoms with Gasteiger partial charge < -0.3 is 24.4 Å². The topological polar surface area (TPSA) is 72.9 Å². The number of benzene rings is 1. The van der Waals surface area contributed by atoms with E-state index in [4.69, 9.17) is 25.8 Å². The molecule has 2 amide bonds. The Balaban J connectivity index is 1.62. The summed E-state index contributed by atoms with van der Waals surface area (Å²) in [6.45, 7) is 1.15. The highest BCUT2D eigenvalue weighted by atomic mass is 35.5. The molecule has 1 fully saturated rings. The van der Waals surface area contributed by atoms with Gasteiger partial charge >= 0.3 is 6.03 Å². The van der Waals surface area contributed by atoms with Gasteiger partial charge in [0.25, 0.3) is 0 Å². The van der Waals surface area contributed by atoms with E-state index in [1.165, 1.54) is 0 Å². The van der Waals surface area contributed by atoms with Crippen LogP contribution in [0.2, 0.25) is 5.02 Å². The molecule has 0 saturated carbocycles. The molecular formula is C19H22ClN3O4. The van der Waals surface area contributed by atoms with E-state index in [0.717, 1.165) is 12.8 Å². The molecular weight excluding hydrogens is 370 g/mol. The predicted octanol–water partition coefficient (Wildman–Crippen LogP) is 3.83. The summed E-state index contributed by atoms with van der Waals surface area (Å²) in [5, 5.41) is 3.36. The second-order valence-corrected chi connectivity index (χ2v) is 6.54. The number of carbonyl (C=O) groups excluding carboxylic acids is 1. The lowest BCUT2D eigenvalue weighted by molar-refractivity contribution is 0.106. The maximum absolute atomic E-state index is 12.6. The second-order valence-electron chi connectivity index (χ2n) is 6.13. The van der Waals surface area contributed by atoms with E-state index in [0.29, 0.717) is 41.0 Å². The monoisotopic (exact) mass is 391 g/mol. The highest BCUT2D eigenvalue weighted by molar-refractivity contribution is 6.31. The van der Waals surface area contributed by atoms with E-state index in [1.54, 1.807) is 55.8 Å². The summed E-state index contributed by atoms with van der Waals surface area (Å²) in [6.07, 6.45) is 4.77. The zero-order valence-corrected chi connectivity index (χ0v) is 16.0. The van der Waals surface area contributed by atoms with Gasteiger partial charge in [0.2, 0.25) is 0 Å². The average Bonchev–Trinajstić information content (AvgIpc) is 2.70. The Morgan fingerprint density at radius 2 is 2.04 bits per heavy atom. The van der Waals surface area contributed by atoms with Crippen LogP contribution >= 0.6 is 11.6 Å². The van der Waals surface area contributed by atoms with Crippen LogP contribution in [0.1, 0.15) is 12.8 Å². The fourth-order valence-electron chi connectivity index (χ4n) is 2.97. The van der Waals surface area contributed by atoms with Crippen molar-refractivity contribution in [1.29, 1.82) is 0 Å².